The summed E-state index contributed by atoms with van der Waals surface area (Å²) < 4.78 is 11.9. The van der Waals surface area contributed by atoms with Crippen molar-refractivity contribution in [3.63, 3.8) is 0 Å². The van der Waals surface area contributed by atoms with Crippen LogP contribution in [0, 0.1) is 5.92 Å². The highest BCUT2D eigenvalue weighted by molar-refractivity contribution is 4.87. The van der Waals surface area contributed by atoms with E-state index in [4.69, 9.17) is 9.47 Å². The normalized spacial score (nSPS) is 35.3. The second-order valence-electron chi connectivity index (χ2n) is 6.12. The molecule has 2 rings (SSSR count). The highest BCUT2D eigenvalue weighted by atomic mass is 16.6. The molecule has 0 aromatic carbocycles. The zero-order chi connectivity index (χ0) is 12.8. The minimum absolute atomic E-state index is 0.348. The second kappa shape index (κ2) is 7.49. The third-order valence-electron chi connectivity index (χ3n) is 4.78. The first-order valence-corrected chi connectivity index (χ1v) is 8.03. The third kappa shape index (κ3) is 3.71. The van der Waals surface area contributed by atoms with E-state index in [1.807, 2.05) is 7.11 Å². The molecule has 106 valence electrons. The van der Waals surface area contributed by atoms with Crippen molar-refractivity contribution in [2.75, 3.05) is 7.11 Å². The van der Waals surface area contributed by atoms with Crippen LogP contribution >= 0.6 is 0 Å². The standard InChI is InChI=1S/C16H30O2/c1-3-9-14-16(17-2)12-15(18-14)13-10-7-5-4-6-8-11-13/h13-16H,3-12H2,1-2H3. The zero-order valence-corrected chi connectivity index (χ0v) is 12.2. The first-order valence-electron chi connectivity index (χ1n) is 8.03. The molecule has 18 heavy (non-hydrogen) atoms. The Balaban J connectivity index is 1.87. The summed E-state index contributed by atoms with van der Waals surface area (Å²) in [5, 5.41) is 0. The Morgan fingerprint density at radius 1 is 1.06 bits per heavy atom. The summed E-state index contributed by atoms with van der Waals surface area (Å²) in [5.41, 5.74) is 0. The van der Waals surface area contributed by atoms with Gasteiger partial charge in [0, 0.05) is 13.5 Å². The number of methoxy groups -OCH3 is 1. The molecule has 0 bridgehead atoms. The molecule has 2 fully saturated rings. The second-order valence-corrected chi connectivity index (χ2v) is 6.12. The molecule has 1 saturated carbocycles. The predicted octanol–water partition coefficient (Wildman–Crippen LogP) is 4.32. The Morgan fingerprint density at radius 2 is 1.72 bits per heavy atom. The summed E-state index contributed by atoms with van der Waals surface area (Å²) in [4.78, 5) is 0. The first-order chi connectivity index (χ1) is 8.85. The maximum absolute atomic E-state index is 6.32. The van der Waals surface area contributed by atoms with Gasteiger partial charge in [-0.2, -0.15) is 0 Å². The minimum atomic E-state index is 0.348. The van der Waals surface area contributed by atoms with Crippen molar-refractivity contribution in [3.05, 3.63) is 0 Å². The van der Waals surface area contributed by atoms with E-state index in [2.05, 4.69) is 6.92 Å². The fourth-order valence-electron chi connectivity index (χ4n) is 3.70. The molecule has 2 nitrogen and oxygen atoms in total. The van der Waals surface area contributed by atoms with Crippen LogP contribution in [0.5, 0.6) is 0 Å². The van der Waals surface area contributed by atoms with Crippen LogP contribution in [0.1, 0.15) is 71.1 Å². The number of hydrogen-bond donors (Lipinski definition) is 0. The third-order valence-corrected chi connectivity index (χ3v) is 4.78. The van der Waals surface area contributed by atoms with Crippen molar-refractivity contribution in [2.24, 2.45) is 5.92 Å². The molecule has 1 aliphatic heterocycles. The highest BCUT2D eigenvalue weighted by Crippen LogP contribution is 2.35. The fraction of sp³-hybridized carbons (Fsp3) is 1.00. The Labute approximate surface area is 112 Å². The van der Waals surface area contributed by atoms with Gasteiger partial charge in [0.1, 0.15) is 0 Å². The molecule has 0 amide bonds. The monoisotopic (exact) mass is 254 g/mol. The van der Waals surface area contributed by atoms with E-state index in [9.17, 15) is 0 Å². The lowest BCUT2D eigenvalue weighted by Crippen LogP contribution is -2.23. The lowest BCUT2D eigenvalue weighted by molar-refractivity contribution is -0.0287. The molecule has 2 aliphatic rings. The average molecular weight is 254 g/mol. The van der Waals surface area contributed by atoms with Crippen LogP contribution in [0.4, 0.5) is 0 Å². The Bertz CT molecular complexity index is 221. The van der Waals surface area contributed by atoms with Crippen LogP contribution in [0.25, 0.3) is 0 Å². The summed E-state index contributed by atoms with van der Waals surface area (Å²) >= 11 is 0. The predicted molar refractivity (Wildman–Crippen MR) is 74.8 cm³/mol. The smallest absolute Gasteiger partial charge is 0.0857 e. The van der Waals surface area contributed by atoms with Gasteiger partial charge in [-0.05, 0) is 25.2 Å². The summed E-state index contributed by atoms with van der Waals surface area (Å²) in [6.45, 7) is 2.24. The van der Waals surface area contributed by atoms with E-state index >= 15 is 0 Å². The van der Waals surface area contributed by atoms with Crippen molar-refractivity contribution in [1.82, 2.24) is 0 Å². The molecule has 0 N–H and O–H groups in total. The quantitative estimate of drug-likeness (QED) is 0.744. The van der Waals surface area contributed by atoms with E-state index in [1.54, 1.807) is 0 Å². The van der Waals surface area contributed by atoms with Gasteiger partial charge in [0.25, 0.3) is 0 Å². The van der Waals surface area contributed by atoms with Gasteiger partial charge in [-0.3, -0.25) is 0 Å². The minimum Gasteiger partial charge on any atom is -0.379 e. The number of hydrogen-bond acceptors (Lipinski definition) is 2. The average Bonchev–Trinajstić information content (AvgIpc) is 2.72. The van der Waals surface area contributed by atoms with Gasteiger partial charge >= 0.3 is 0 Å². The Morgan fingerprint density at radius 3 is 2.33 bits per heavy atom. The highest BCUT2D eigenvalue weighted by Gasteiger charge is 2.38. The van der Waals surface area contributed by atoms with Gasteiger partial charge in [0.15, 0.2) is 0 Å². The molecule has 0 spiro atoms. The van der Waals surface area contributed by atoms with Crippen molar-refractivity contribution in [3.8, 4) is 0 Å². The Kier molecular flexibility index (Phi) is 5.97. The van der Waals surface area contributed by atoms with Crippen LogP contribution in [0.2, 0.25) is 0 Å². The molecule has 1 saturated heterocycles. The zero-order valence-electron chi connectivity index (χ0n) is 12.2. The fourth-order valence-corrected chi connectivity index (χ4v) is 3.70. The van der Waals surface area contributed by atoms with Crippen LogP contribution in [-0.2, 0) is 9.47 Å². The van der Waals surface area contributed by atoms with E-state index in [-0.39, 0.29) is 0 Å². The van der Waals surface area contributed by atoms with Crippen LogP contribution in [-0.4, -0.2) is 25.4 Å². The van der Waals surface area contributed by atoms with Gasteiger partial charge < -0.3 is 9.47 Å². The van der Waals surface area contributed by atoms with Crippen LogP contribution in [0.3, 0.4) is 0 Å². The van der Waals surface area contributed by atoms with Gasteiger partial charge in [0.05, 0.1) is 18.3 Å². The van der Waals surface area contributed by atoms with Crippen molar-refractivity contribution in [1.29, 1.82) is 0 Å². The topological polar surface area (TPSA) is 18.5 Å². The lowest BCUT2D eigenvalue weighted by Gasteiger charge is -2.25. The van der Waals surface area contributed by atoms with E-state index in [0.717, 1.165) is 18.8 Å². The van der Waals surface area contributed by atoms with Gasteiger partial charge in [-0.1, -0.05) is 45.4 Å². The van der Waals surface area contributed by atoms with Gasteiger partial charge in [-0.15, -0.1) is 0 Å². The molecule has 1 aliphatic carbocycles. The van der Waals surface area contributed by atoms with Gasteiger partial charge in [0.2, 0.25) is 0 Å². The molecular formula is C16H30O2. The number of rotatable bonds is 4. The SMILES string of the molecule is CCCC1OC(C2CCCCCCC2)CC1OC. The summed E-state index contributed by atoms with van der Waals surface area (Å²) in [6, 6.07) is 0. The first kappa shape index (κ1) is 14.3. The number of ether oxygens (including phenoxy) is 2. The summed E-state index contributed by atoms with van der Waals surface area (Å²) in [6.07, 6.45) is 14.5. The maximum Gasteiger partial charge on any atom is 0.0857 e. The Hall–Kier alpha value is -0.0800. The summed E-state index contributed by atoms with van der Waals surface area (Å²) in [7, 11) is 1.84. The van der Waals surface area contributed by atoms with Crippen LogP contribution < -0.4 is 0 Å². The van der Waals surface area contributed by atoms with E-state index in [0.29, 0.717) is 18.3 Å². The molecule has 0 aromatic heterocycles. The molecule has 2 heteroatoms. The molecule has 3 unspecified atom stereocenters. The maximum atomic E-state index is 6.32. The molecule has 3 atom stereocenters. The van der Waals surface area contributed by atoms with Gasteiger partial charge in [-0.25, -0.2) is 0 Å². The van der Waals surface area contributed by atoms with Crippen molar-refractivity contribution in [2.45, 2.75) is 89.4 Å². The van der Waals surface area contributed by atoms with Crippen molar-refractivity contribution < 1.29 is 9.47 Å². The molecule has 1 heterocycles. The van der Waals surface area contributed by atoms with Crippen molar-refractivity contribution >= 4 is 0 Å². The molecule has 0 aromatic rings. The van der Waals surface area contributed by atoms with Crippen LogP contribution in [0.15, 0.2) is 0 Å². The van der Waals surface area contributed by atoms with E-state index < -0.39 is 0 Å². The lowest BCUT2D eigenvalue weighted by atomic mass is 9.86. The largest absolute Gasteiger partial charge is 0.379 e. The molecular weight excluding hydrogens is 224 g/mol. The summed E-state index contributed by atoms with van der Waals surface area (Å²) in [5.74, 6) is 0.796. The molecule has 0 radical (unpaired) electrons. The van der Waals surface area contributed by atoms with E-state index in [1.165, 1.54) is 51.4 Å².